The van der Waals surface area contributed by atoms with Crippen molar-refractivity contribution in [1.29, 1.82) is 0 Å². The molecule has 0 fully saturated rings. The van der Waals surface area contributed by atoms with E-state index in [2.05, 4.69) is 15.8 Å². The van der Waals surface area contributed by atoms with E-state index >= 15 is 0 Å². The van der Waals surface area contributed by atoms with E-state index in [1.165, 1.54) is 32.6 Å². The predicted octanol–water partition coefficient (Wildman–Crippen LogP) is 1.80. The topological polar surface area (TPSA) is 132 Å². The molecule has 29 heavy (non-hydrogen) atoms. The average molecular weight is 400 g/mol. The van der Waals surface area contributed by atoms with E-state index in [1.807, 2.05) is 0 Å². The van der Waals surface area contributed by atoms with Crippen molar-refractivity contribution in [2.24, 2.45) is 5.10 Å². The maximum atomic E-state index is 12.1. The smallest absolute Gasteiger partial charge is 0.273 e. The van der Waals surface area contributed by atoms with Crippen molar-refractivity contribution < 1.29 is 24.0 Å². The zero-order valence-electron chi connectivity index (χ0n) is 16.1. The van der Waals surface area contributed by atoms with Crippen LogP contribution >= 0.6 is 0 Å². The van der Waals surface area contributed by atoms with E-state index in [4.69, 9.17) is 9.47 Å². The highest BCUT2D eigenvalue weighted by Gasteiger charge is 2.15. The summed E-state index contributed by atoms with van der Waals surface area (Å²) in [5, 5.41) is 17.2. The first-order valence-electron chi connectivity index (χ1n) is 8.43. The molecule has 2 amide bonds. The number of aryl methyl sites for hydroxylation is 1. The third kappa shape index (κ3) is 5.51. The maximum Gasteiger partial charge on any atom is 0.273 e. The Bertz CT molecular complexity index is 958. The Morgan fingerprint density at radius 3 is 2.62 bits per heavy atom. The molecule has 0 bridgehead atoms. The van der Waals surface area contributed by atoms with Gasteiger partial charge in [0, 0.05) is 22.8 Å². The van der Waals surface area contributed by atoms with E-state index in [1.54, 1.807) is 25.1 Å². The molecule has 0 radical (unpaired) electrons. The van der Waals surface area contributed by atoms with Gasteiger partial charge >= 0.3 is 0 Å². The highest BCUT2D eigenvalue weighted by atomic mass is 16.6. The molecule has 0 aliphatic heterocycles. The van der Waals surface area contributed by atoms with Crippen LogP contribution in [0.5, 0.6) is 11.5 Å². The van der Waals surface area contributed by atoms with Gasteiger partial charge in [0.1, 0.15) is 0 Å². The number of benzene rings is 2. The minimum atomic E-state index is -0.610. The number of carbonyl (C=O) groups is 2. The first-order valence-corrected chi connectivity index (χ1v) is 8.43. The van der Waals surface area contributed by atoms with Gasteiger partial charge in [-0.3, -0.25) is 19.7 Å². The zero-order valence-corrected chi connectivity index (χ0v) is 16.1. The summed E-state index contributed by atoms with van der Waals surface area (Å²) < 4.78 is 10.4. The quantitative estimate of drug-likeness (QED) is 0.394. The molecular weight excluding hydrogens is 380 g/mol. The number of hydrogen-bond acceptors (Lipinski definition) is 7. The van der Waals surface area contributed by atoms with E-state index < -0.39 is 16.7 Å². The maximum absolute atomic E-state index is 12.1. The van der Waals surface area contributed by atoms with E-state index in [0.717, 1.165) is 6.07 Å². The number of para-hydroxylation sites is 1. The second kappa shape index (κ2) is 9.83. The lowest BCUT2D eigenvalue weighted by atomic mass is 10.1. The number of carbonyl (C=O) groups excluding carboxylic acids is 2. The Morgan fingerprint density at radius 2 is 1.97 bits per heavy atom. The fraction of sp³-hybridized carbons (Fsp3) is 0.211. The molecule has 2 aromatic rings. The number of nitro groups is 1. The normalized spacial score (nSPS) is 10.4. The number of nitrogens with zero attached hydrogens (tertiary/aromatic N) is 2. The molecule has 0 aromatic heterocycles. The van der Waals surface area contributed by atoms with E-state index in [-0.39, 0.29) is 17.8 Å². The Morgan fingerprint density at radius 1 is 1.21 bits per heavy atom. The van der Waals surface area contributed by atoms with Crippen LogP contribution in [-0.4, -0.2) is 43.7 Å². The Hall–Kier alpha value is -3.95. The standard InChI is InChI=1S/C19H20N4O6/c1-12-7-8-13(9-15(12)23(26)27)19(25)20-11-17(24)22-21-10-14-5-4-6-16(28-2)18(14)29-3/h4-10H,11H2,1-3H3,(H,20,25)(H,22,24)/b21-10+. The van der Waals surface area contributed by atoms with Crippen molar-refractivity contribution >= 4 is 23.7 Å². The number of hydrogen-bond donors (Lipinski definition) is 2. The van der Waals surface area contributed by atoms with Gasteiger partial charge in [-0.05, 0) is 25.1 Å². The van der Waals surface area contributed by atoms with Crippen molar-refractivity contribution in [1.82, 2.24) is 10.7 Å². The minimum Gasteiger partial charge on any atom is -0.493 e. The molecule has 0 aliphatic rings. The molecule has 2 rings (SSSR count). The number of methoxy groups -OCH3 is 2. The van der Waals surface area contributed by atoms with Crippen molar-refractivity contribution in [2.45, 2.75) is 6.92 Å². The molecule has 0 saturated carbocycles. The first-order chi connectivity index (χ1) is 13.9. The monoisotopic (exact) mass is 400 g/mol. The highest BCUT2D eigenvalue weighted by Crippen LogP contribution is 2.29. The van der Waals surface area contributed by atoms with Crippen molar-refractivity contribution in [3.05, 3.63) is 63.2 Å². The van der Waals surface area contributed by atoms with Gasteiger partial charge in [-0.2, -0.15) is 5.10 Å². The molecule has 0 atom stereocenters. The second-order valence-electron chi connectivity index (χ2n) is 5.82. The van der Waals surface area contributed by atoms with E-state index in [0.29, 0.717) is 22.6 Å². The summed E-state index contributed by atoms with van der Waals surface area (Å²) in [6, 6.07) is 9.27. The Labute approximate surface area is 166 Å². The number of nitro benzene ring substituents is 1. The summed E-state index contributed by atoms with van der Waals surface area (Å²) in [7, 11) is 2.99. The third-order valence-corrected chi connectivity index (χ3v) is 3.90. The highest BCUT2D eigenvalue weighted by molar-refractivity contribution is 5.97. The van der Waals surface area contributed by atoms with Crippen molar-refractivity contribution in [3.63, 3.8) is 0 Å². The number of nitrogens with one attached hydrogen (secondary N) is 2. The summed E-state index contributed by atoms with van der Waals surface area (Å²) in [4.78, 5) is 34.4. The van der Waals surface area contributed by atoms with Gasteiger partial charge in [0.2, 0.25) is 0 Å². The van der Waals surface area contributed by atoms with Crippen LogP contribution in [-0.2, 0) is 4.79 Å². The molecule has 10 heteroatoms. The molecule has 0 aliphatic carbocycles. The summed E-state index contributed by atoms with van der Waals surface area (Å²) in [6.45, 7) is 1.22. The van der Waals surface area contributed by atoms with Gasteiger partial charge in [0.25, 0.3) is 17.5 Å². The van der Waals surface area contributed by atoms with Crippen LogP contribution in [0.4, 0.5) is 5.69 Å². The molecular formula is C19H20N4O6. The van der Waals surface area contributed by atoms with Gasteiger partial charge in [0.05, 0.1) is 31.9 Å². The van der Waals surface area contributed by atoms with Crippen molar-refractivity contribution in [2.75, 3.05) is 20.8 Å². The van der Waals surface area contributed by atoms with Crippen LogP contribution in [0.2, 0.25) is 0 Å². The summed E-state index contributed by atoms with van der Waals surface area (Å²) in [6.07, 6.45) is 1.38. The van der Waals surface area contributed by atoms with E-state index in [9.17, 15) is 19.7 Å². The lowest BCUT2D eigenvalue weighted by Crippen LogP contribution is -2.34. The first kappa shape index (κ1) is 21.4. The SMILES string of the molecule is COc1cccc(/C=N/NC(=O)CNC(=O)c2ccc(C)c([N+](=O)[O-])c2)c1OC. The number of amides is 2. The number of hydrazone groups is 1. The fourth-order valence-corrected chi connectivity index (χ4v) is 2.44. The molecule has 10 nitrogen and oxygen atoms in total. The molecule has 0 saturated heterocycles. The molecule has 2 N–H and O–H groups in total. The predicted molar refractivity (Wildman–Crippen MR) is 105 cm³/mol. The second-order valence-corrected chi connectivity index (χ2v) is 5.82. The lowest BCUT2D eigenvalue weighted by molar-refractivity contribution is -0.385. The third-order valence-electron chi connectivity index (χ3n) is 3.90. The molecule has 0 heterocycles. The minimum absolute atomic E-state index is 0.0831. The van der Waals surface area contributed by atoms with Crippen LogP contribution in [0.1, 0.15) is 21.5 Å². The van der Waals surface area contributed by atoms with Crippen LogP contribution < -0.4 is 20.2 Å². The molecule has 0 spiro atoms. The molecule has 0 unspecified atom stereocenters. The van der Waals surface area contributed by atoms with Gasteiger partial charge in [-0.25, -0.2) is 5.43 Å². The largest absolute Gasteiger partial charge is 0.493 e. The van der Waals surface area contributed by atoms with Crippen LogP contribution in [0.3, 0.4) is 0 Å². The summed E-state index contributed by atoms with van der Waals surface area (Å²) >= 11 is 0. The Kier molecular flexibility index (Phi) is 7.24. The lowest BCUT2D eigenvalue weighted by Gasteiger charge is -2.09. The van der Waals surface area contributed by atoms with Crippen LogP contribution in [0, 0.1) is 17.0 Å². The molecule has 152 valence electrons. The van der Waals surface area contributed by atoms with Gasteiger partial charge < -0.3 is 14.8 Å². The fourth-order valence-electron chi connectivity index (χ4n) is 2.44. The number of ether oxygens (including phenoxy) is 2. The summed E-state index contributed by atoms with van der Waals surface area (Å²) in [5.41, 5.74) is 3.22. The van der Waals surface area contributed by atoms with Gasteiger partial charge in [-0.1, -0.05) is 12.1 Å². The van der Waals surface area contributed by atoms with Gasteiger partial charge in [-0.15, -0.1) is 0 Å². The van der Waals surface area contributed by atoms with Crippen LogP contribution in [0.25, 0.3) is 0 Å². The zero-order chi connectivity index (χ0) is 21.4. The van der Waals surface area contributed by atoms with Gasteiger partial charge in [0.15, 0.2) is 11.5 Å². The Balaban J connectivity index is 1.94. The average Bonchev–Trinajstić information content (AvgIpc) is 2.71. The molecule has 2 aromatic carbocycles. The van der Waals surface area contributed by atoms with Crippen LogP contribution in [0.15, 0.2) is 41.5 Å². The summed E-state index contributed by atoms with van der Waals surface area (Å²) in [5.74, 6) is -0.204. The number of rotatable bonds is 8. The van der Waals surface area contributed by atoms with Crippen molar-refractivity contribution in [3.8, 4) is 11.5 Å².